The summed E-state index contributed by atoms with van der Waals surface area (Å²) in [5.41, 5.74) is 0. The minimum atomic E-state index is -3.29. The van der Waals surface area contributed by atoms with E-state index in [1.807, 2.05) is 0 Å². The Morgan fingerprint density at radius 3 is 1.65 bits per heavy atom. The smallest absolute Gasteiger partial charge is 0.209 e. The van der Waals surface area contributed by atoms with Gasteiger partial charge in [-0.2, -0.15) is 0 Å². The molecule has 0 saturated carbocycles. The molecule has 0 heterocycles. The molecule has 0 aliphatic heterocycles. The van der Waals surface area contributed by atoms with Gasteiger partial charge in [-0.05, 0) is 12.8 Å². The molecule has 0 unspecified atom stereocenters. The highest BCUT2D eigenvalue weighted by molar-refractivity contribution is 7.88. The standard InChI is InChI=1S/C18H37NO3S/c1-4-6-8-10-12-14-17(15-13-11-9-7-5-2)18(20)16-19-23(3,21)22/h17,19H,4-16H2,1-3H3. The number of nitrogens with one attached hydrogen (secondary N) is 1. The van der Waals surface area contributed by atoms with Crippen LogP contribution in [0.4, 0.5) is 0 Å². The van der Waals surface area contributed by atoms with Crippen LogP contribution in [-0.2, 0) is 14.8 Å². The molecule has 0 aromatic carbocycles. The molecule has 0 rings (SSSR count). The van der Waals surface area contributed by atoms with Crippen LogP contribution in [0.3, 0.4) is 0 Å². The SMILES string of the molecule is CCCCCCCC(CCCCCCC)C(=O)CNS(C)(=O)=O. The average Bonchev–Trinajstić information content (AvgIpc) is 2.49. The molecule has 0 fully saturated rings. The number of carbonyl (C=O) groups excluding carboxylic acids is 1. The summed E-state index contributed by atoms with van der Waals surface area (Å²) in [6.45, 7) is 4.34. The topological polar surface area (TPSA) is 63.2 Å². The van der Waals surface area contributed by atoms with E-state index in [0.717, 1.165) is 31.9 Å². The molecule has 0 aliphatic carbocycles. The zero-order valence-corrected chi connectivity index (χ0v) is 16.2. The van der Waals surface area contributed by atoms with Crippen molar-refractivity contribution in [3.8, 4) is 0 Å². The molecule has 0 spiro atoms. The van der Waals surface area contributed by atoms with Gasteiger partial charge in [-0.15, -0.1) is 0 Å². The van der Waals surface area contributed by atoms with Gasteiger partial charge < -0.3 is 0 Å². The molecule has 138 valence electrons. The minimum Gasteiger partial charge on any atom is -0.298 e. The molecule has 1 N–H and O–H groups in total. The van der Waals surface area contributed by atoms with E-state index in [2.05, 4.69) is 18.6 Å². The minimum absolute atomic E-state index is 0.0208. The van der Waals surface area contributed by atoms with E-state index in [1.54, 1.807) is 0 Å². The van der Waals surface area contributed by atoms with Crippen LogP contribution in [0, 0.1) is 5.92 Å². The lowest BCUT2D eigenvalue weighted by atomic mass is 9.90. The third kappa shape index (κ3) is 14.9. The van der Waals surface area contributed by atoms with Crippen molar-refractivity contribution in [2.45, 2.75) is 90.9 Å². The maximum absolute atomic E-state index is 12.3. The highest BCUT2D eigenvalue weighted by atomic mass is 32.2. The van der Waals surface area contributed by atoms with Crippen molar-refractivity contribution < 1.29 is 13.2 Å². The Morgan fingerprint density at radius 1 is 0.826 bits per heavy atom. The number of unbranched alkanes of at least 4 members (excludes halogenated alkanes) is 8. The molecule has 4 nitrogen and oxygen atoms in total. The second kappa shape index (κ2) is 14.0. The van der Waals surface area contributed by atoms with Gasteiger partial charge in [-0.3, -0.25) is 4.79 Å². The fourth-order valence-electron chi connectivity index (χ4n) is 2.80. The Hall–Kier alpha value is -0.420. The summed E-state index contributed by atoms with van der Waals surface area (Å²) in [4.78, 5) is 12.3. The van der Waals surface area contributed by atoms with Crippen molar-refractivity contribution in [3.63, 3.8) is 0 Å². The fourth-order valence-corrected chi connectivity index (χ4v) is 3.21. The van der Waals surface area contributed by atoms with Crippen molar-refractivity contribution in [1.29, 1.82) is 0 Å². The summed E-state index contributed by atoms with van der Waals surface area (Å²) < 4.78 is 24.7. The van der Waals surface area contributed by atoms with Gasteiger partial charge in [0, 0.05) is 5.92 Å². The van der Waals surface area contributed by atoms with Gasteiger partial charge in [0.15, 0.2) is 5.78 Å². The van der Waals surface area contributed by atoms with E-state index in [-0.39, 0.29) is 18.2 Å². The van der Waals surface area contributed by atoms with Crippen molar-refractivity contribution in [3.05, 3.63) is 0 Å². The Balaban J connectivity index is 4.21. The zero-order valence-electron chi connectivity index (χ0n) is 15.4. The second-order valence-electron chi connectivity index (χ2n) is 6.66. The number of hydrogen-bond acceptors (Lipinski definition) is 3. The van der Waals surface area contributed by atoms with Crippen LogP contribution in [-0.4, -0.2) is 27.0 Å². The molecular weight excluding hydrogens is 310 g/mol. The summed E-state index contributed by atoms with van der Waals surface area (Å²) in [5, 5.41) is 0. The summed E-state index contributed by atoms with van der Waals surface area (Å²) in [5.74, 6) is 0.0777. The summed E-state index contributed by atoms with van der Waals surface area (Å²) >= 11 is 0. The van der Waals surface area contributed by atoms with Gasteiger partial charge in [0.05, 0.1) is 12.8 Å². The predicted molar refractivity (Wildman–Crippen MR) is 98.1 cm³/mol. The van der Waals surface area contributed by atoms with Gasteiger partial charge in [0.1, 0.15) is 0 Å². The number of hydrogen-bond donors (Lipinski definition) is 1. The highest BCUT2D eigenvalue weighted by Crippen LogP contribution is 2.19. The number of sulfonamides is 1. The Labute approximate surface area is 143 Å². The first-order valence-corrected chi connectivity index (χ1v) is 11.3. The lowest BCUT2D eigenvalue weighted by molar-refractivity contribution is -0.122. The van der Waals surface area contributed by atoms with Crippen LogP contribution in [0.2, 0.25) is 0 Å². The van der Waals surface area contributed by atoms with E-state index in [9.17, 15) is 13.2 Å². The first kappa shape index (κ1) is 22.6. The first-order valence-electron chi connectivity index (χ1n) is 9.38. The van der Waals surface area contributed by atoms with E-state index >= 15 is 0 Å². The fraction of sp³-hybridized carbons (Fsp3) is 0.944. The van der Waals surface area contributed by atoms with Crippen molar-refractivity contribution in [2.75, 3.05) is 12.8 Å². The molecule has 0 atom stereocenters. The van der Waals surface area contributed by atoms with E-state index in [0.29, 0.717) is 0 Å². The average molecular weight is 348 g/mol. The second-order valence-corrected chi connectivity index (χ2v) is 8.50. The largest absolute Gasteiger partial charge is 0.298 e. The molecule has 5 heteroatoms. The first-order chi connectivity index (χ1) is 10.9. The number of rotatable bonds is 16. The number of Topliss-reactive ketones (excluding diaryl/α,β-unsaturated/α-hetero) is 1. The molecule has 0 aromatic heterocycles. The third-order valence-electron chi connectivity index (χ3n) is 4.28. The predicted octanol–water partition coefficient (Wildman–Crippen LogP) is 4.44. The number of carbonyl (C=O) groups is 1. The zero-order chi connectivity index (χ0) is 17.6. The number of ketones is 1. The maximum atomic E-state index is 12.3. The maximum Gasteiger partial charge on any atom is 0.209 e. The van der Waals surface area contributed by atoms with Gasteiger partial charge >= 0.3 is 0 Å². The van der Waals surface area contributed by atoms with E-state index in [1.165, 1.54) is 51.4 Å². The van der Waals surface area contributed by atoms with E-state index < -0.39 is 10.0 Å². The molecule has 0 radical (unpaired) electrons. The van der Waals surface area contributed by atoms with Crippen LogP contribution >= 0.6 is 0 Å². The van der Waals surface area contributed by atoms with Gasteiger partial charge in [0.2, 0.25) is 10.0 Å². The quantitative estimate of drug-likeness (QED) is 0.420. The Bertz CT molecular complexity index is 379. The molecule has 23 heavy (non-hydrogen) atoms. The van der Waals surface area contributed by atoms with Crippen LogP contribution in [0.15, 0.2) is 0 Å². The van der Waals surface area contributed by atoms with Crippen molar-refractivity contribution in [2.24, 2.45) is 5.92 Å². The highest BCUT2D eigenvalue weighted by Gasteiger charge is 2.18. The Kier molecular flexibility index (Phi) is 13.7. The normalized spacial score (nSPS) is 12.0. The molecule has 0 bridgehead atoms. The van der Waals surface area contributed by atoms with Gasteiger partial charge in [-0.1, -0.05) is 78.1 Å². The summed E-state index contributed by atoms with van der Waals surface area (Å²) in [6.07, 6.45) is 14.8. The lowest BCUT2D eigenvalue weighted by Crippen LogP contribution is -2.32. The molecule has 0 aromatic rings. The van der Waals surface area contributed by atoms with Crippen molar-refractivity contribution in [1.82, 2.24) is 4.72 Å². The van der Waals surface area contributed by atoms with Crippen molar-refractivity contribution >= 4 is 15.8 Å². The molecular formula is C18H37NO3S. The molecule has 0 saturated heterocycles. The summed E-state index contributed by atoms with van der Waals surface area (Å²) in [7, 11) is -3.29. The van der Waals surface area contributed by atoms with Crippen LogP contribution in [0.25, 0.3) is 0 Å². The van der Waals surface area contributed by atoms with E-state index in [4.69, 9.17) is 0 Å². The van der Waals surface area contributed by atoms with Gasteiger partial charge in [0.25, 0.3) is 0 Å². The van der Waals surface area contributed by atoms with Crippen LogP contribution in [0.1, 0.15) is 90.9 Å². The summed E-state index contributed by atoms with van der Waals surface area (Å²) in [6, 6.07) is 0. The molecule has 0 amide bonds. The lowest BCUT2D eigenvalue weighted by Gasteiger charge is -2.16. The third-order valence-corrected chi connectivity index (χ3v) is 4.94. The van der Waals surface area contributed by atoms with Crippen LogP contribution in [0.5, 0.6) is 0 Å². The monoisotopic (exact) mass is 347 g/mol. The molecule has 0 aliphatic rings. The van der Waals surface area contributed by atoms with Crippen LogP contribution < -0.4 is 4.72 Å². The van der Waals surface area contributed by atoms with Gasteiger partial charge in [-0.25, -0.2) is 13.1 Å². The Morgan fingerprint density at radius 2 is 1.26 bits per heavy atom.